The van der Waals surface area contributed by atoms with Crippen LogP contribution in [0, 0.1) is 10.1 Å². The molecule has 0 unspecified atom stereocenters. The van der Waals surface area contributed by atoms with Crippen LogP contribution in [0.4, 0.5) is 11.4 Å². The highest BCUT2D eigenvalue weighted by molar-refractivity contribution is 6.30. The van der Waals surface area contributed by atoms with E-state index in [1.54, 1.807) is 24.3 Å². The third-order valence-corrected chi connectivity index (χ3v) is 4.20. The summed E-state index contributed by atoms with van der Waals surface area (Å²) < 4.78 is 5.31. The fraction of sp³-hybridized carbons (Fsp3) is 0.176. The van der Waals surface area contributed by atoms with E-state index in [0.29, 0.717) is 16.1 Å². The van der Waals surface area contributed by atoms with E-state index in [-0.39, 0.29) is 17.8 Å². The van der Waals surface area contributed by atoms with Gasteiger partial charge in [-0.1, -0.05) is 23.7 Å². The summed E-state index contributed by atoms with van der Waals surface area (Å²) in [6.45, 7) is 1.46. The Bertz CT molecular complexity index is 898. The van der Waals surface area contributed by atoms with Crippen LogP contribution >= 0.6 is 11.6 Å². The van der Waals surface area contributed by atoms with Crippen LogP contribution in [-0.2, 0) is 16.0 Å². The number of esters is 1. The van der Waals surface area contributed by atoms with Crippen LogP contribution in [0.1, 0.15) is 22.8 Å². The predicted octanol–water partition coefficient (Wildman–Crippen LogP) is 3.36. The van der Waals surface area contributed by atoms with Gasteiger partial charge in [0.25, 0.3) is 11.6 Å². The molecule has 1 aliphatic heterocycles. The molecule has 1 atom stereocenters. The second-order valence-electron chi connectivity index (χ2n) is 5.83. The van der Waals surface area contributed by atoms with Crippen LogP contribution in [0.3, 0.4) is 0 Å². The Labute approximate surface area is 147 Å². The van der Waals surface area contributed by atoms with Crippen molar-refractivity contribution in [3.05, 3.63) is 68.7 Å². The molecule has 0 saturated carbocycles. The molecule has 1 aliphatic rings. The van der Waals surface area contributed by atoms with Gasteiger partial charge in [-0.2, -0.15) is 0 Å². The standard InChI is InChI=1S/C17H13ClN2O5/c1-17(9-10-8-11(18)6-7-12(10)15(21)25-17)16(22)19-13-4-2-3-5-14(13)20(23)24/h2-8H,9H2,1H3,(H,19,22)/t17-/m0/s1. The molecule has 0 fully saturated rings. The van der Waals surface area contributed by atoms with Crippen molar-refractivity contribution >= 4 is 34.9 Å². The van der Waals surface area contributed by atoms with Crippen molar-refractivity contribution in [2.75, 3.05) is 5.32 Å². The summed E-state index contributed by atoms with van der Waals surface area (Å²) in [4.78, 5) is 35.3. The molecular weight excluding hydrogens is 348 g/mol. The average molecular weight is 361 g/mol. The maximum Gasteiger partial charge on any atom is 0.339 e. The van der Waals surface area contributed by atoms with Gasteiger partial charge >= 0.3 is 5.97 Å². The third-order valence-electron chi connectivity index (χ3n) is 3.96. The predicted molar refractivity (Wildman–Crippen MR) is 90.7 cm³/mol. The van der Waals surface area contributed by atoms with Crippen LogP contribution in [0.25, 0.3) is 0 Å². The number of benzene rings is 2. The number of halogens is 1. The maximum absolute atomic E-state index is 12.7. The van der Waals surface area contributed by atoms with Crippen LogP contribution in [0.2, 0.25) is 5.02 Å². The molecule has 0 saturated heterocycles. The minimum atomic E-state index is -1.50. The highest BCUT2D eigenvalue weighted by Crippen LogP contribution is 2.32. The normalized spacial score (nSPS) is 18.9. The molecule has 1 N–H and O–H groups in total. The molecule has 1 heterocycles. The van der Waals surface area contributed by atoms with Crippen molar-refractivity contribution in [2.24, 2.45) is 0 Å². The van der Waals surface area contributed by atoms with Crippen LogP contribution in [0.15, 0.2) is 42.5 Å². The van der Waals surface area contributed by atoms with Crippen molar-refractivity contribution in [1.29, 1.82) is 0 Å². The lowest BCUT2D eigenvalue weighted by molar-refractivity contribution is -0.383. The molecule has 128 valence electrons. The van der Waals surface area contributed by atoms with Crippen molar-refractivity contribution in [3.63, 3.8) is 0 Å². The van der Waals surface area contributed by atoms with E-state index in [0.717, 1.165) is 0 Å². The number of hydrogen-bond donors (Lipinski definition) is 1. The Morgan fingerprint density at radius 1 is 1.32 bits per heavy atom. The van der Waals surface area contributed by atoms with Gasteiger partial charge in [0.2, 0.25) is 0 Å². The van der Waals surface area contributed by atoms with Crippen molar-refractivity contribution in [1.82, 2.24) is 0 Å². The first-order chi connectivity index (χ1) is 11.8. The van der Waals surface area contributed by atoms with Crippen LogP contribution < -0.4 is 5.32 Å². The second-order valence-corrected chi connectivity index (χ2v) is 6.26. The minimum Gasteiger partial charge on any atom is -0.445 e. The molecule has 1 amide bonds. The van der Waals surface area contributed by atoms with E-state index in [1.807, 2.05) is 0 Å². The highest BCUT2D eigenvalue weighted by Gasteiger charge is 2.43. The molecular formula is C17H13ClN2O5. The van der Waals surface area contributed by atoms with E-state index in [9.17, 15) is 19.7 Å². The number of nitro groups is 1. The van der Waals surface area contributed by atoms with Crippen molar-refractivity contribution in [3.8, 4) is 0 Å². The number of fused-ring (bicyclic) bond motifs is 1. The molecule has 0 bridgehead atoms. The number of nitrogens with zero attached hydrogens (tertiary/aromatic N) is 1. The first kappa shape index (κ1) is 16.9. The van der Waals surface area contributed by atoms with Gasteiger partial charge in [0.05, 0.1) is 10.5 Å². The molecule has 2 aromatic rings. The fourth-order valence-electron chi connectivity index (χ4n) is 2.69. The van der Waals surface area contributed by atoms with Gasteiger partial charge in [-0.05, 0) is 36.8 Å². The van der Waals surface area contributed by atoms with Gasteiger partial charge in [-0.25, -0.2) is 4.79 Å². The Hall–Kier alpha value is -2.93. The summed E-state index contributed by atoms with van der Waals surface area (Å²) in [7, 11) is 0. The van der Waals surface area contributed by atoms with Gasteiger partial charge in [-0.15, -0.1) is 0 Å². The summed E-state index contributed by atoms with van der Waals surface area (Å²) >= 11 is 5.95. The summed E-state index contributed by atoms with van der Waals surface area (Å²) in [5, 5.41) is 14.0. The third kappa shape index (κ3) is 3.18. The zero-order valence-electron chi connectivity index (χ0n) is 13.1. The lowest BCUT2D eigenvalue weighted by atomic mass is 9.89. The van der Waals surface area contributed by atoms with E-state index in [4.69, 9.17) is 16.3 Å². The van der Waals surface area contributed by atoms with Gasteiger partial charge in [0.15, 0.2) is 5.60 Å². The van der Waals surface area contributed by atoms with E-state index >= 15 is 0 Å². The topological polar surface area (TPSA) is 98.5 Å². The van der Waals surface area contributed by atoms with Crippen LogP contribution in [-0.4, -0.2) is 22.4 Å². The number of ether oxygens (including phenoxy) is 1. The SMILES string of the molecule is C[C@@]1(C(=O)Nc2ccccc2[N+](=O)[O-])Cc2cc(Cl)ccc2C(=O)O1. The number of amides is 1. The second kappa shape index (κ2) is 6.18. The summed E-state index contributed by atoms with van der Waals surface area (Å²) in [6, 6.07) is 10.5. The van der Waals surface area contributed by atoms with E-state index in [2.05, 4.69) is 5.32 Å². The number of cyclic esters (lactones) is 1. The zero-order valence-corrected chi connectivity index (χ0v) is 13.9. The molecule has 0 aromatic heterocycles. The molecule has 0 spiro atoms. The van der Waals surface area contributed by atoms with Gasteiger partial charge < -0.3 is 10.1 Å². The number of rotatable bonds is 3. The minimum absolute atomic E-state index is 0.0339. The molecule has 0 radical (unpaired) electrons. The van der Waals surface area contributed by atoms with Crippen molar-refractivity contribution < 1.29 is 19.2 Å². The first-order valence-corrected chi connectivity index (χ1v) is 7.74. The van der Waals surface area contributed by atoms with Crippen LogP contribution in [0.5, 0.6) is 0 Å². The fourth-order valence-corrected chi connectivity index (χ4v) is 2.88. The Morgan fingerprint density at radius 3 is 2.76 bits per heavy atom. The van der Waals surface area contributed by atoms with Gasteiger partial charge in [0.1, 0.15) is 5.69 Å². The van der Waals surface area contributed by atoms with Gasteiger partial charge in [-0.3, -0.25) is 14.9 Å². The number of carbonyl (C=O) groups excluding carboxylic acids is 2. The summed E-state index contributed by atoms with van der Waals surface area (Å²) in [6.07, 6.45) is 0.112. The van der Waals surface area contributed by atoms with E-state index in [1.165, 1.54) is 25.1 Å². The monoisotopic (exact) mass is 360 g/mol. The lowest BCUT2D eigenvalue weighted by Gasteiger charge is -2.33. The summed E-state index contributed by atoms with van der Waals surface area (Å²) in [5.41, 5.74) is -0.778. The lowest BCUT2D eigenvalue weighted by Crippen LogP contribution is -2.49. The first-order valence-electron chi connectivity index (χ1n) is 7.37. The highest BCUT2D eigenvalue weighted by atomic mass is 35.5. The van der Waals surface area contributed by atoms with Gasteiger partial charge in [0, 0.05) is 17.5 Å². The number of anilines is 1. The summed E-state index contributed by atoms with van der Waals surface area (Å²) in [5.74, 6) is -1.29. The molecule has 7 nitrogen and oxygen atoms in total. The number of para-hydroxylation sites is 2. The Balaban J connectivity index is 1.90. The maximum atomic E-state index is 12.7. The smallest absolute Gasteiger partial charge is 0.339 e. The van der Waals surface area contributed by atoms with Crippen molar-refractivity contribution in [2.45, 2.75) is 18.9 Å². The number of nitrogens with one attached hydrogen (secondary N) is 1. The molecule has 3 rings (SSSR count). The molecule has 8 heteroatoms. The number of nitro benzene ring substituents is 1. The molecule has 25 heavy (non-hydrogen) atoms. The number of carbonyl (C=O) groups is 2. The average Bonchev–Trinajstić information content (AvgIpc) is 2.54. The molecule has 2 aromatic carbocycles. The quantitative estimate of drug-likeness (QED) is 0.514. The van der Waals surface area contributed by atoms with E-state index < -0.39 is 22.4 Å². The Kier molecular flexibility index (Phi) is 4.18. The number of hydrogen-bond acceptors (Lipinski definition) is 5. The zero-order chi connectivity index (χ0) is 18.2. The molecule has 0 aliphatic carbocycles. The largest absolute Gasteiger partial charge is 0.445 e. The Morgan fingerprint density at radius 2 is 2.04 bits per heavy atom.